The molecule has 8 heteroatoms. The number of amides is 1. The van der Waals surface area contributed by atoms with Crippen molar-refractivity contribution in [1.82, 2.24) is 9.97 Å². The van der Waals surface area contributed by atoms with E-state index >= 15 is 0 Å². The van der Waals surface area contributed by atoms with Gasteiger partial charge in [-0.05, 0) is 48.9 Å². The maximum absolute atomic E-state index is 13.3. The van der Waals surface area contributed by atoms with Crippen molar-refractivity contribution in [2.24, 2.45) is 0 Å². The Bertz CT molecular complexity index is 1270. The number of carbonyl (C=O) groups excluding carboxylic acids is 1. The van der Waals surface area contributed by atoms with E-state index in [2.05, 4.69) is 20.6 Å². The second-order valence-electron chi connectivity index (χ2n) is 6.90. The zero-order chi connectivity index (χ0) is 22.0. The van der Waals surface area contributed by atoms with E-state index < -0.39 is 17.6 Å². The van der Waals surface area contributed by atoms with E-state index in [1.54, 1.807) is 18.2 Å². The number of aryl methyl sites for hydroxylation is 1. The Morgan fingerprint density at radius 2 is 1.65 bits per heavy atom. The Morgan fingerprint density at radius 1 is 0.903 bits per heavy atom. The minimum absolute atomic E-state index is 0.245. The SMILES string of the molecule is Cc1cccc(Nc2nc(C(=O)Nc3ccccc3C(F)(F)F)nc3ccccc23)c1. The highest BCUT2D eigenvalue weighted by Gasteiger charge is 2.33. The molecule has 2 N–H and O–H groups in total. The monoisotopic (exact) mass is 422 g/mol. The fourth-order valence-electron chi connectivity index (χ4n) is 3.15. The number of aromatic nitrogens is 2. The maximum Gasteiger partial charge on any atom is 0.418 e. The van der Waals surface area contributed by atoms with Crippen molar-refractivity contribution >= 4 is 34.0 Å². The third kappa shape index (κ3) is 4.48. The lowest BCUT2D eigenvalue weighted by molar-refractivity contribution is -0.136. The topological polar surface area (TPSA) is 66.9 Å². The van der Waals surface area contributed by atoms with Gasteiger partial charge in [0, 0.05) is 11.1 Å². The molecule has 5 nitrogen and oxygen atoms in total. The first-order valence-electron chi connectivity index (χ1n) is 9.39. The number of nitrogens with one attached hydrogen (secondary N) is 2. The summed E-state index contributed by atoms with van der Waals surface area (Å²) in [6.07, 6.45) is -4.61. The van der Waals surface area contributed by atoms with Crippen LogP contribution in [0.4, 0.5) is 30.4 Å². The Labute approximate surface area is 176 Å². The van der Waals surface area contributed by atoms with Crippen molar-refractivity contribution in [3.63, 3.8) is 0 Å². The van der Waals surface area contributed by atoms with Crippen LogP contribution in [0, 0.1) is 6.92 Å². The van der Waals surface area contributed by atoms with E-state index in [-0.39, 0.29) is 11.5 Å². The molecule has 0 radical (unpaired) electrons. The second kappa shape index (κ2) is 8.06. The van der Waals surface area contributed by atoms with Crippen molar-refractivity contribution in [3.05, 3.63) is 89.7 Å². The summed E-state index contributed by atoms with van der Waals surface area (Å²) in [5.74, 6) is -0.703. The van der Waals surface area contributed by atoms with Crippen LogP contribution >= 0.6 is 0 Å². The van der Waals surface area contributed by atoms with Crippen molar-refractivity contribution < 1.29 is 18.0 Å². The van der Waals surface area contributed by atoms with Gasteiger partial charge in [-0.3, -0.25) is 4.79 Å². The smallest absolute Gasteiger partial charge is 0.340 e. The van der Waals surface area contributed by atoms with Gasteiger partial charge in [0.05, 0.1) is 16.8 Å². The molecule has 4 aromatic rings. The summed E-state index contributed by atoms with van der Waals surface area (Å²) in [6, 6.07) is 19.4. The number of carbonyl (C=O) groups is 1. The molecule has 0 aliphatic rings. The lowest BCUT2D eigenvalue weighted by atomic mass is 10.1. The number of halogens is 3. The van der Waals surface area contributed by atoms with Crippen LogP contribution in [0.25, 0.3) is 10.9 Å². The van der Waals surface area contributed by atoms with Gasteiger partial charge in [0.15, 0.2) is 0 Å². The fourth-order valence-corrected chi connectivity index (χ4v) is 3.15. The van der Waals surface area contributed by atoms with Crippen LogP contribution in [-0.4, -0.2) is 15.9 Å². The number of anilines is 3. The van der Waals surface area contributed by atoms with Gasteiger partial charge in [-0.2, -0.15) is 13.2 Å². The molecule has 3 aromatic carbocycles. The van der Waals surface area contributed by atoms with Crippen molar-refractivity contribution in [3.8, 4) is 0 Å². The molecule has 0 unspecified atom stereocenters. The van der Waals surface area contributed by atoms with Gasteiger partial charge in [-0.15, -0.1) is 0 Å². The molecule has 0 saturated carbocycles. The van der Waals surface area contributed by atoms with Crippen LogP contribution in [0.15, 0.2) is 72.8 Å². The van der Waals surface area contributed by atoms with Crippen molar-refractivity contribution in [1.29, 1.82) is 0 Å². The summed E-state index contributed by atoms with van der Waals surface area (Å²) in [7, 11) is 0. The molecule has 1 aromatic heterocycles. The number of para-hydroxylation sites is 2. The molecule has 1 heterocycles. The average Bonchev–Trinajstić information content (AvgIpc) is 2.73. The first-order chi connectivity index (χ1) is 14.8. The molecule has 31 heavy (non-hydrogen) atoms. The van der Waals surface area contributed by atoms with Gasteiger partial charge in [-0.1, -0.05) is 36.4 Å². The minimum atomic E-state index is -4.61. The number of nitrogens with zero attached hydrogens (tertiary/aromatic N) is 2. The number of hydrogen-bond acceptors (Lipinski definition) is 4. The third-order valence-corrected chi connectivity index (χ3v) is 4.57. The highest BCUT2D eigenvalue weighted by Crippen LogP contribution is 2.34. The standard InChI is InChI=1S/C23H17F3N4O/c1-14-7-6-8-15(13-14)27-20-16-9-2-4-11-18(16)28-21(30-20)22(31)29-19-12-5-3-10-17(19)23(24,25)26/h2-13H,1H3,(H,29,31)(H,27,28,30). The van der Waals surface area contributed by atoms with Crippen LogP contribution in [0.1, 0.15) is 21.7 Å². The molecular weight excluding hydrogens is 405 g/mol. The van der Waals surface area contributed by atoms with Gasteiger partial charge in [-0.25, -0.2) is 9.97 Å². The molecule has 0 aliphatic carbocycles. The van der Waals surface area contributed by atoms with E-state index in [4.69, 9.17) is 0 Å². The predicted molar refractivity (Wildman–Crippen MR) is 113 cm³/mol. The van der Waals surface area contributed by atoms with Gasteiger partial charge >= 0.3 is 6.18 Å². The van der Waals surface area contributed by atoms with Crippen LogP contribution in [0.5, 0.6) is 0 Å². The van der Waals surface area contributed by atoms with Crippen LogP contribution in [0.2, 0.25) is 0 Å². The Balaban J connectivity index is 1.72. The van der Waals surface area contributed by atoms with Gasteiger partial charge in [0.1, 0.15) is 5.82 Å². The molecule has 0 aliphatic heterocycles. The lowest BCUT2D eigenvalue weighted by Gasteiger charge is -2.14. The van der Waals surface area contributed by atoms with Crippen LogP contribution in [-0.2, 0) is 6.18 Å². The van der Waals surface area contributed by atoms with Crippen molar-refractivity contribution in [2.75, 3.05) is 10.6 Å². The summed E-state index contributed by atoms with van der Waals surface area (Å²) >= 11 is 0. The summed E-state index contributed by atoms with van der Waals surface area (Å²) in [4.78, 5) is 21.3. The summed E-state index contributed by atoms with van der Waals surface area (Å²) in [6.45, 7) is 1.94. The van der Waals surface area contributed by atoms with Crippen molar-refractivity contribution in [2.45, 2.75) is 13.1 Å². The first-order valence-corrected chi connectivity index (χ1v) is 9.39. The molecule has 0 saturated heterocycles. The number of fused-ring (bicyclic) bond motifs is 1. The van der Waals surface area contributed by atoms with Gasteiger partial charge in [0.2, 0.25) is 5.82 Å². The highest BCUT2D eigenvalue weighted by molar-refractivity contribution is 6.04. The first kappa shape index (κ1) is 20.3. The molecule has 1 amide bonds. The van der Waals surface area contributed by atoms with E-state index in [9.17, 15) is 18.0 Å². The second-order valence-corrected chi connectivity index (χ2v) is 6.90. The number of alkyl halides is 3. The molecule has 4 rings (SSSR count). The number of hydrogen-bond donors (Lipinski definition) is 2. The van der Waals surface area contributed by atoms with Gasteiger partial charge < -0.3 is 10.6 Å². The summed E-state index contributed by atoms with van der Waals surface area (Å²) < 4.78 is 39.8. The fraction of sp³-hybridized carbons (Fsp3) is 0.0870. The number of rotatable bonds is 4. The van der Waals surface area contributed by atoms with Crippen LogP contribution < -0.4 is 10.6 Å². The Hall–Kier alpha value is -3.94. The quantitative estimate of drug-likeness (QED) is 0.426. The maximum atomic E-state index is 13.3. The third-order valence-electron chi connectivity index (χ3n) is 4.57. The summed E-state index contributed by atoms with van der Waals surface area (Å²) in [5, 5.41) is 6.14. The zero-order valence-electron chi connectivity index (χ0n) is 16.4. The molecule has 156 valence electrons. The molecule has 0 atom stereocenters. The molecule has 0 fully saturated rings. The molecule has 0 bridgehead atoms. The highest BCUT2D eigenvalue weighted by atomic mass is 19.4. The van der Waals surface area contributed by atoms with E-state index in [1.807, 2.05) is 37.3 Å². The minimum Gasteiger partial charge on any atom is -0.340 e. The van der Waals surface area contributed by atoms with Gasteiger partial charge in [0.25, 0.3) is 5.91 Å². The molecular formula is C23H17F3N4O. The predicted octanol–water partition coefficient (Wildman–Crippen LogP) is 5.95. The van der Waals surface area contributed by atoms with E-state index in [1.165, 1.54) is 18.2 Å². The average molecular weight is 422 g/mol. The van der Waals surface area contributed by atoms with Crippen LogP contribution in [0.3, 0.4) is 0 Å². The van der Waals surface area contributed by atoms with E-state index in [0.717, 1.165) is 17.3 Å². The lowest BCUT2D eigenvalue weighted by Crippen LogP contribution is -2.19. The number of benzene rings is 3. The van der Waals surface area contributed by atoms with E-state index in [0.29, 0.717) is 16.7 Å². The largest absolute Gasteiger partial charge is 0.418 e. The zero-order valence-corrected chi connectivity index (χ0v) is 16.4. The summed E-state index contributed by atoms with van der Waals surface area (Å²) in [5.41, 5.74) is 0.983. The molecule has 0 spiro atoms. The Morgan fingerprint density at radius 3 is 2.42 bits per heavy atom. The normalized spacial score (nSPS) is 11.4. The Kier molecular flexibility index (Phi) is 5.29.